The molecule has 1 saturated heterocycles. The zero-order valence-corrected chi connectivity index (χ0v) is 19.7. The van der Waals surface area contributed by atoms with Crippen molar-refractivity contribution in [3.05, 3.63) is 45.9 Å². The lowest BCUT2D eigenvalue weighted by Crippen LogP contribution is -2.36. The molecule has 34 heavy (non-hydrogen) atoms. The van der Waals surface area contributed by atoms with Crippen LogP contribution in [0.3, 0.4) is 0 Å². The number of sulfonamides is 1. The standard InChI is InChI=1S/C18H24N4O3S2.C2HF3O2/c19-11-18-21-15(13-26-18)10-17(23)20-12-14-6-2-3-7-16(14)27(24,25)22-8-4-1-5-9-22;3-2(4,5)1(6)7/h2-3,6-7,13H,1,4-5,8-12,19H2,(H,20,23);(H,6,7). The number of amides is 1. The number of carboxylic acids is 1. The fourth-order valence-corrected chi connectivity index (χ4v) is 5.50. The Hall–Kier alpha value is -2.55. The van der Waals surface area contributed by atoms with Gasteiger partial charge < -0.3 is 16.2 Å². The van der Waals surface area contributed by atoms with Gasteiger partial charge in [0.05, 0.1) is 17.0 Å². The molecule has 0 bridgehead atoms. The average molecular weight is 523 g/mol. The highest BCUT2D eigenvalue weighted by Crippen LogP contribution is 2.23. The molecule has 1 aliphatic heterocycles. The number of carboxylic acid groups (broad SMARTS) is 1. The highest BCUT2D eigenvalue weighted by molar-refractivity contribution is 7.89. The van der Waals surface area contributed by atoms with Crippen LogP contribution in [-0.2, 0) is 39.1 Å². The van der Waals surface area contributed by atoms with Crippen LogP contribution >= 0.6 is 11.3 Å². The van der Waals surface area contributed by atoms with Gasteiger partial charge in [-0.3, -0.25) is 4.79 Å². The van der Waals surface area contributed by atoms with E-state index in [1.807, 2.05) is 5.38 Å². The van der Waals surface area contributed by atoms with Crippen molar-refractivity contribution in [3.63, 3.8) is 0 Å². The largest absolute Gasteiger partial charge is 0.490 e. The van der Waals surface area contributed by atoms with Gasteiger partial charge in [0.2, 0.25) is 15.9 Å². The number of halogens is 3. The number of hydrogen-bond donors (Lipinski definition) is 3. The summed E-state index contributed by atoms with van der Waals surface area (Å²) >= 11 is 1.43. The summed E-state index contributed by atoms with van der Waals surface area (Å²) in [5.74, 6) is -2.96. The summed E-state index contributed by atoms with van der Waals surface area (Å²) in [6, 6.07) is 6.85. The summed E-state index contributed by atoms with van der Waals surface area (Å²) in [5, 5.41) is 12.5. The van der Waals surface area contributed by atoms with Crippen molar-refractivity contribution in [2.75, 3.05) is 13.1 Å². The molecule has 2 heterocycles. The van der Waals surface area contributed by atoms with E-state index in [2.05, 4.69) is 10.3 Å². The van der Waals surface area contributed by atoms with E-state index in [4.69, 9.17) is 15.6 Å². The number of nitrogens with two attached hydrogens (primary N) is 1. The van der Waals surface area contributed by atoms with Crippen molar-refractivity contribution < 1.29 is 36.3 Å². The molecule has 3 rings (SSSR count). The molecule has 188 valence electrons. The summed E-state index contributed by atoms with van der Waals surface area (Å²) in [7, 11) is -3.54. The number of piperidine rings is 1. The lowest BCUT2D eigenvalue weighted by atomic mass is 10.2. The van der Waals surface area contributed by atoms with Gasteiger partial charge in [0.1, 0.15) is 5.01 Å². The number of rotatable bonds is 7. The fraction of sp³-hybridized carbons (Fsp3) is 0.450. The van der Waals surface area contributed by atoms with Gasteiger partial charge in [0, 0.05) is 31.6 Å². The molecule has 0 unspecified atom stereocenters. The first-order valence-corrected chi connectivity index (χ1v) is 12.6. The molecule has 0 atom stereocenters. The molecule has 1 aromatic heterocycles. The zero-order chi connectivity index (χ0) is 25.4. The predicted octanol–water partition coefficient (Wildman–Crippen LogP) is 2.27. The number of nitrogens with zero attached hydrogens (tertiary/aromatic N) is 2. The minimum absolute atomic E-state index is 0.150. The van der Waals surface area contributed by atoms with Crippen molar-refractivity contribution >= 4 is 33.2 Å². The third-order valence-corrected chi connectivity index (χ3v) is 7.66. The average Bonchev–Trinajstić information content (AvgIpc) is 3.25. The first-order chi connectivity index (χ1) is 15.9. The number of alkyl halides is 3. The molecular formula is C20H25F3N4O5S2. The van der Waals surface area contributed by atoms with Crippen molar-refractivity contribution in [2.45, 2.75) is 49.8 Å². The van der Waals surface area contributed by atoms with Crippen LogP contribution in [-0.4, -0.2) is 54.0 Å². The van der Waals surface area contributed by atoms with E-state index in [0.29, 0.717) is 30.9 Å². The number of aromatic nitrogens is 1. The highest BCUT2D eigenvalue weighted by atomic mass is 32.2. The van der Waals surface area contributed by atoms with E-state index >= 15 is 0 Å². The molecule has 0 aliphatic carbocycles. The van der Waals surface area contributed by atoms with E-state index in [9.17, 15) is 26.4 Å². The van der Waals surface area contributed by atoms with Crippen LogP contribution in [0.1, 0.15) is 35.5 Å². The number of carbonyl (C=O) groups is 2. The summed E-state index contributed by atoms with van der Waals surface area (Å²) in [4.78, 5) is 25.6. The second-order valence-corrected chi connectivity index (χ2v) is 10.1. The monoisotopic (exact) mass is 522 g/mol. The smallest absolute Gasteiger partial charge is 0.475 e. The van der Waals surface area contributed by atoms with E-state index in [1.54, 1.807) is 28.6 Å². The Bertz CT molecular complexity index is 1080. The van der Waals surface area contributed by atoms with Gasteiger partial charge in [-0.2, -0.15) is 17.5 Å². The number of thiazole rings is 1. The number of aliphatic carboxylic acids is 1. The topological polar surface area (TPSA) is 143 Å². The summed E-state index contributed by atoms with van der Waals surface area (Å²) in [6.45, 7) is 1.62. The molecule has 9 nitrogen and oxygen atoms in total. The fourth-order valence-electron chi connectivity index (χ4n) is 3.09. The zero-order valence-electron chi connectivity index (χ0n) is 18.0. The number of hydrogen-bond acceptors (Lipinski definition) is 7. The van der Waals surface area contributed by atoms with Crippen LogP contribution < -0.4 is 11.1 Å². The van der Waals surface area contributed by atoms with E-state index in [1.165, 1.54) is 11.3 Å². The normalized spacial score (nSPS) is 14.7. The molecule has 4 N–H and O–H groups in total. The maximum atomic E-state index is 13.0. The van der Waals surface area contributed by atoms with Crippen LogP contribution in [0.25, 0.3) is 0 Å². The lowest BCUT2D eigenvalue weighted by Gasteiger charge is -2.26. The molecule has 0 spiro atoms. The van der Waals surface area contributed by atoms with Gasteiger partial charge in [-0.15, -0.1) is 11.3 Å². The molecule has 14 heteroatoms. The molecule has 0 saturated carbocycles. The predicted molar refractivity (Wildman–Crippen MR) is 118 cm³/mol. The SMILES string of the molecule is NCc1nc(CC(=O)NCc2ccccc2S(=O)(=O)N2CCCCC2)cs1.O=C(O)C(F)(F)F. The molecule has 2 aromatic rings. The highest BCUT2D eigenvalue weighted by Gasteiger charge is 2.38. The number of benzene rings is 1. The Morgan fingerprint density at radius 2 is 1.79 bits per heavy atom. The molecular weight excluding hydrogens is 497 g/mol. The molecule has 1 amide bonds. The van der Waals surface area contributed by atoms with Gasteiger partial charge in [-0.25, -0.2) is 18.2 Å². The van der Waals surface area contributed by atoms with Gasteiger partial charge in [0.15, 0.2) is 0 Å². The summed E-state index contributed by atoms with van der Waals surface area (Å²) < 4.78 is 59.2. The first-order valence-electron chi connectivity index (χ1n) is 10.2. The van der Waals surface area contributed by atoms with Gasteiger partial charge in [0.25, 0.3) is 0 Å². The minimum atomic E-state index is -5.08. The van der Waals surface area contributed by atoms with Gasteiger partial charge >= 0.3 is 12.1 Å². The molecule has 1 aliphatic rings. The first kappa shape index (κ1) is 27.7. The van der Waals surface area contributed by atoms with Gasteiger partial charge in [-0.1, -0.05) is 24.6 Å². The Labute approximate surface area is 198 Å². The summed E-state index contributed by atoms with van der Waals surface area (Å²) in [6.07, 6.45) is -2.10. The molecule has 1 fully saturated rings. The quantitative estimate of drug-likeness (QED) is 0.506. The van der Waals surface area contributed by atoms with E-state index < -0.39 is 22.2 Å². The van der Waals surface area contributed by atoms with Crippen molar-refractivity contribution in [1.82, 2.24) is 14.6 Å². The third kappa shape index (κ3) is 8.04. The van der Waals surface area contributed by atoms with Crippen LogP contribution in [0.15, 0.2) is 34.5 Å². The Kier molecular flexibility index (Phi) is 9.97. The number of nitrogens with one attached hydrogen (secondary N) is 1. The van der Waals surface area contributed by atoms with E-state index in [0.717, 1.165) is 24.3 Å². The Morgan fingerprint density at radius 1 is 1.18 bits per heavy atom. The molecule has 1 aromatic carbocycles. The van der Waals surface area contributed by atoms with E-state index in [-0.39, 0.29) is 23.8 Å². The van der Waals surface area contributed by atoms with Gasteiger partial charge in [-0.05, 0) is 24.5 Å². The second-order valence-electron chi connectivity index (χ2n) is 7.27. The summed E-state index contributed by atoms with van der Waals surface area (Å²) in [5.41, 5.74) is 6.80. The van der Waals surface area contributed by atoms with Crippen LogP contribution in [0.5, 0.6) is 0 Å². The van der Waals surface area contributed by atoms with Crippen LogP contribution in [0.4, 0.5) is 13.2 Å². The minimum Gasteiger partial charge on any atom is -0.475 e. The van der Waals surface area contributed by atoms with Crippen LogP contribution in [0, 0.1) is 0 Å². The third-order valence-electron chi connectivity index (χ3n) is 4.74. The second kappa shape index (κ2) is 12.2. The Morgan fingerprint density at radius 3 is 2.35 bits per heavy atom. The molecule has 0 radical (unpaired) electrons. The van der Waals surface area contributed by atoms with Crippen LogP contribution in [0.2, 0.25) is 0 Å². The lowest BCUT2D eigenvalue weighted by molar-refractivity contribution is -0.192. The Balaban J connectivity index is 0.000000509. The van der Waals surface area contributed by atoms with Crippen molar-refractivity contribution in [1.29, 1.82) is 0 Å². The maximum Gasteiger partial charge on any atom is 0.490 e. The van der Waals surface area contributed by atoms with Crippen molar-refractivity contribution in [3.8, 4) is 0 Å². The number of carbonyl (C=O) groups excluding carboxylic acids is 1. The maximum absolute atomic E-state index is 13.0. The van der Waals surface area contributed by atoms with Crippen molar-refractivity contribution in [2.24, 2.45) is 5.73 Å².